The van der Waals surface area contributed by atoms with Crippen LogP contribution < -0.4 is 10.5 Å². The molecule has 1 fully saturated rings. The van der Waals surface area contributed by atoms with Crippen molar-refractivity contribution in [2.75, 3.05) is 31.1 Å². The molecule has 1 aliphatic rings. The molecule has 3 heterocycles. The average Bonchev–Trinajstić information content (AvgIpc) is 3.28. The Hall–Kier alpha value is -4.01. The van der Waals surface area contributed by atoms with Gasteiger partial charge in [-0.2, -0.15) is 0 Å². The monoisotopic (exact) mass is 461 g/mol. The predicted molar refractivity (Wildman–Crippen MR) is 126 cm³/mol. The number of halogens is 1. The molecular formula is C25H24FN5O3. The number of benzene rings is 2. The summed E-state index contributed by atoms with van der Waals surface area (Å²) in [4.78, 5) is 34.3. The second-order valence-electron chi connectivity index (χ2n) is 8.48. The molecule has 34 heavy (non-hydrogen) atoms. The van der Waals surface area contributed by atoms with Crippen LogP contribution in [0, 0.1) is 19.7 Å². The summed E-state index contributed by atoms with van der Waals surface area (Å²) in [7, 11) is 0. The fourth-order valence-electron chi connectivity index (χ4n) is 4.32. The van der Waals surface area contributed by atoms with E-state index < -0.39 is 11.4 Å². The van der Waals surface area contributed by atoms with Gasteiger partial charge in [-0.05, 0) is 55.3 Å². The molecule has 2 aromatic carbocycles. The summed E-state index contributed by atoms with van der Waals surface area (Å²) in [6.07, 6.45) is 1.30. The van der Waals surface area contributed by atoms with Gasteiger partial charge >= 0.3 is 0 Å². The van der Waals surface area contributed by atoms with Crippen molar-refractivity contribution in [1.29, 1.82) is 0 Å². The van der Waals surface area contributed by atoms with Crippen molar-refractivity contribution in [3.63, 3.8) is 0 Å². The number of carbonyl (C=O) groups is 1. The van der Waals surface area contributed by atoms with Gasteiger partial charge < -0.3 is 14.3 Å². The van der Waals surface area contributed by atoms with E-state index in [0.29, 0.717) is 18.7 Å². The van der Waals surface area contributed by atoms with E-state index in [4.69, 9.17) is 4.52 Å². The molecule has 0 radical (unpaired) electrons. The van der Waals surface area contributed by atoms with Crippen LogP contribution in [0.25, 0.3) is 22.4 Å². The van der Waals surface area contributed by atoms with Crippen molar-refractivity contribution in [3.8, 4) is 11.3 Å². The molecule has 2 aromatic heterocycles. The molecule has 1 aliphatic heterocycles. The molecule has 0 unspecified atom stereocenters. The third kappa shape index (κ3) is 3.93. The maximum Gasteiger partial charge on any atom is 0.267 e. The van der Waals surface area contributed by atoms with Crippen LogP contribution >= 0.6 is 0 Å². The van der Waals surface area contributed by atoms with Crippen molar-refractivity contribution in [2.45, 2.75) is 20.4 Å². The number of rotatable bonds is 4. The van der Waals surface area contributed by atoms with Crippen LogP contribution in [0.4, 0.5) is 10.1 Å². The third-order valence-electron chi connectivity index (χ3n) is 6.44. The molecular weight excluding hydrogens is 437 g/mol. The molecule has 9 heteroatoms. The number of carbonyl (C=O) groups excluding carboxylic acids is 1. The van der Waals surface area contributed by atoms with E-state index in [1.807, 2.05) is 0 Å². The fourth-order valence-corrected chi connectivity index (χ4v) is 4.32. The number of aromatic nitrogens is 3. The van der Waals surface area contributed by atoms with E-state index in [1.165, 1.54) is 52.0 Å². The Balaban J connectivity index is 1.33. The number of nitrogens with zero attached hydrogens (tertiary/aromatic N) is 5. The molecule has 0 N–H and O–H groups in total. The highest BCUT2D eigenvalue weighted by Gasteiger charge is 2.24. The van der Waals surface area contributed by atoms with Gasteiger partial charge in [-0.1, -0.05) is 17.3 Å². The van der Waals surface area contributed by atoms with E-state index >= 15 is 0 Å². The van der Waals surface area contributed by atoms with E-state index in [2.05, 4.69) is 47.1 Å². The fraction of sp³-hybridized carbons (Fsp3) is 0.280. The van der Waals surface area contributed by atoms with E-state index in [-0.39, 0.29) is 29.2 Å². The second kappa shape index (κ2) is 8.74. The first kappa shape index (κ1) is 21.8. The van der Waals surface area contributed by atoms with Gasteiger partial charge in [-0.25, -0.2) is 9.37 Å². The summed E-state index contributed by atoms with van der Waals surface area (Å²) in [6, 6.07) is 11.9. The first-order valence-corrected chi connectivity index (χ1v) is 11.1. The molecule has 0 atom stereocenters. The van der Waals surface area contributed by atoms with Crippen LogP contribution in [0.3, 0.4) is 0 Å². The smallest absolute Gasteiger partial charge is 0.267 e. The molecule has 1 saturated heterocycles. The Labute approximate surface area is 195 Å². The van der Waals surface area contributed by atoms with Crippen LogP contribution in [-0.2, 0) is 11.3 Å². The Morgan fingerprint density at radius 1 is 1.06 bits per heavy atom. The highest BCUT2D eigenvalue weighted by atomic mass is 19.1. The van der Waals surface area contributed by atoms with Crippen molar-refractivity contribution in [2.24, 2.45) is 0 Å². The molecule has 1 amide bonds. The van der Waals surface area contributed by atoms with Crippen molar-refractivity contribution < 1.29 is 13.7 Å². The van der Waals surface area contributed by atoms with Gasteiger partial charge in [0, 0.05) is 37.4 Å². The standard InChI is InChI=1S/C25H24FN5O3/c1-16-4-3-5-20(17(16)2)29-10-12-30(13-11-29)21(32)14-31-15-27-24-22(25(31)33)23(28-34-24)18-6-8-19(26)9-7-18/h3-9,15H,10-14H2,1-2H3. The number of anilines is 1. The van der Waals surface area contributed by atoms with Crippen molar-refractivity contribution >= 4 is 22.7 Å². The minimum atomic E-state index is -0.423. The normalized spacial score (nSPS) is 14.1. The summed E-state index contributed by atoms with van der Waals surface area (Å²) >= 11 is 0. The first-order chi connectivity index (χ1) is 16.4. The number of fused-ring (bicyclic) bond motifs is 1. The Morgan fingerprint density at radius 3 is 2.53 bits per heavy atom. The Kier molecular flexibility index (Phi) is 5.61. The number of amides is 1. The van der Waals surface area contributed by atoms with Crippen LogP contribution in [0.2, 0.25) is 0 Å². The van der Waals surface area contributed by atoms with Crippen LogP contribution in [-0.4, -0.2) is 51.7 Å². The van der Waals surface area contributed by atoms with E-state index in [0.717, 1.165) is 13.1 Å². The lowest BCUT2D eigenvalue weighted by molar-refractivity contribution is -0.132. The van der Waals surface area contributed by atoms with Crippen LogP contribution in [0.5, 0.6) is 0 Å². The zero-order valence-electron chi connectivity index (χ0n) is 19.0. The minimum Gasteiger partial charge on any atom is -0.368 e. The molecule has 0 spiro atoms. The molecule has 174 valence electrons. The van der Waals surface area contributed by atoms with Gasteiger partial charge in [0.1, 0.15) is 29.8 Å². The van der Waals surface area contributed by atoms with Gasteiger partial charge in [-0.15, -0.1) is 0 Å². The van der Waals surface area contributed by atoms with Gasteiger partial charge in [0.2, 0.25) is 5.91 Å². The highest BCUT2D eigenvalue weighted by Crippen LogP contribution is 2.25. The quantitative estimate of drug-likeness (QED) is 0.464. The van der Waals surface area contributed by atoms with Gasteiger partial charge in [0.05, 0.1) is 0 Å². The summed E-state index contributed by atoms with van der Waals surface area (Å²) < 4.78 is 19.8. The van der Waals surface area contributed by atoms with Gasteiger partial charge in [0.25, 0.3) is 11.3 Å². The maximum atomic E-state index is 13.3. The molecule has 0 bridgehead atoms. The minimum absolute atomic E-state index is 0.0789. The van der Waals surface area contributed by atoms with Crippen LogP contribution in [0.1, 0.15) is 11.1 Å². The second-order valence-corrected chi connectivity index (χ2v) is 8.48. The number of hydrogen-bond donors (Lipinski definition) is 0. The van der Waals surface area contributed by atoms with Gasteiger partial charge in [0.15, 0.2) is 0 Å². The number of piperazine rings is 1. The molecule has 0 saturated carbocycles. The van der Waals surface area contributed by atoms with Gasteiger partial charge in [-0.3, -0.25) is 14.2 Å². The Morgan fingerprint density at radius 2 is 1.79 bits per heavy atom. The number of aryl methyl sites for hydroxylation is 1. The predicted octanol–water partition coefficient (Wildman–Crippen LogP) is 3.16. The summed E-state index contributed by atoms with van der Waals surface area (Å²) in [5, 5.41) is 4.11. The lowest BCUT2D eigenvalue weighted by Gasteiger charge is -2.37. The summed E-state index contributed by atoms with van der Waals surface area (Å²) in [6.45, 7) is 6.68. The summed E-state index contributed by atoms with van der Waals surface area (Å²) in [5.74, 6) is -0.543. The highest BCUT2D eigenvalue weighted by molar-refractivity contribution is 5.88. The van der Waals surface area contributed by atoms with E-state index in [9.17, 15) is 14.0 Å². The van der Waals surface area contributed by atoms with Crippen molar-refractivity contribution in [3.05, 3.63) is 76.1 Å². The largest absolute Gasteiger partial charge is 0.368 e. The maximum absolute atomic E-state index is 13.3. The average molecular weight is 461 g/mol. The lowest BCUT2D eigenvalue weighted by atomic mass is 10.1. The Bertz CT molecular complexity index is 1420. The zero-order chi connectivity index (χ0) is 23.8. The van der Waals surface area contributed by atoms with Crippen molar-refractivity contribution in [1.82, 2.24) is 19.6 Å². The molecule has 4 aromatic rings. The SMILES string of the molecule is Cc1cccc(N2CCN(C(=O)Cn3cnc4onc(-c5ccc(F)cc5)c4c3=O)CC2)c1C. The van der Waals surface area contributed by atoms with Crippen LogP contribution in [0.15, 0.2) is 58.1 Å². The molecule has 8 nitrogen and oxygen atoms in total. The molecule has 0 aliphatic carbocycles. The lowest BCUT2D eigenvalue weighted by Crippen LogP contribution is -2.50. The first-order valence-electron chi connectivity index (χ1n) is 11.1. The topological polar surface area (TPSA) is 84.5 Å². The number of hydrogen-bond acceptors (Lipinski definition) is 6. The summed E-state index contributed by atoms with van der Waals surface area (Å²) in [5.41, 5.74) is 4.15. The third-order valence-corrected chi connectivity index (χ3v) is 6.44. The zero-order valence-corrected chi connectivity index (χ0v) is 19.0. The van der Waals surface area contributed by atoms with E-state index in [1.54, 1.807) is 4.90 Å². The molecule has 5 rings (SSSR count).